The van der Waals surface area contributed by atoms with Crippen molar-refractivity contribution in [1.82, 2.24) is 9.43 Å². The molecule has 1 N–H and O–H groups in total. The zero-order valence-corrected chi connectivity index (χ0v) is 19.5. The van der Waals surface area contributed by atoms with E-state index in [2.05, 4.69) is 0 Å². The van der Waals surface area contributed by atoms with Crippen LogP contribution in [0.1, 0.15) is 41.1 Å². The molecule has 188 valence electrons. The number of carboxylic acids is 1. The van der Waals surface area contributed by atoms with Crippen LogP contribution in [0.15, 0.2) is 59.5 Å². The first-order chi connectivity index (χ1) is 16.5. The summed E-state index contributed by atoms with van der Waals surface area (Å²) in [6.45, 7) is -0.464. The first kappa shape index (κ1) is 25.2. The lowest BCUT2D eigenvalue weighted by molar-refractivity contribution is -0.178. The van der Waals surface area contributed by atoms with E-state index in [-0.39, 0.29) is 42.8 Å². The first-order valence-electron chi connectivity index (χ1n) is 11.3. The summed E-state index contributed by atoms with van der Waals surface area (Å²) in [5.41, 5.74) is 0.648. The molecule has 2 aromatic rings. The molecule has 0 bridgehead atoms. The zero-order chi connectivity index (χ0) is 25.4. The third kappa shape index (κ3) is 5.20. The molecule has 1 heterocycles. The summed E-state index contributed by atoms with van der Waals surface area (Å²) in [6.07, 6.45) is 0.504. The minimum atomic E-state index is -3.89. The number of nitrogens with zero attached hydrogens (tertiary/aromatic N) is 2. The number of amides is 1. The highest BCUT2D eigenvalue weighted by molar-refractivity contribution is 7.89. The second-order valence-electron chi connectivity index (χ2n) is 9.01. The van der Waals surface area contributed by atoms with E-state index in [0.29, 0.717) is 5.56 Å². The maximum Gasteiger partial charge on any atom is 0.335 e. The third-order valence-corrected chi connectivity index (χ3v) is 8.63. The van der Waals surface area contributed by atoms with Crippen molar-refractivity contribution in [2.75, 3.05) is 19.6 Å². The molecule has 2 unspecified atom stereocenters. The predicted molar refractivity (Wildman–Crippen MR) is 120 cm³/mol. The standard InChI is InChI=1S/C24H25F3N2O5S/c25-24(26,21-14-20(21)17-4-2-1-3-5-17)23(32)29(27)15-16-10-12-28(13-11-16)35(33,34)19-8-6-18(7-9-19)22(30)31/h1-9,16,20-21H,10-15H2,(H,30,31). The van der Waals surface area contributed by atoms with Crippen molar-refractivity contribution in [1.29, 1.82) is 0 Å². The van der Waals surface area contributed by atoms with Gasteiger partial charge in [-0.15, -0.1) is 0 Å². The molecule has 2 aliphatic rings. The zero-order valence-electron chi connectivity index (χ0n) is 18.7. The van der Waals surface area contributed by atoms with Crippen molar-refractivity contribution in [2.24, 2.45) is 11.8 Å². The van der Waals surface area contributed by atoms with Gasteiger partial charge in [0.25, 0.3) is 0 Å². The Morgan fingerprint density at radius 3 is 2.20 bits per heavy atom. The molecule has 2 atom stereocenters. The number of aromatic carboxylic acids is 1. The Bertz CT molecular complexity index is 1180. The van der Waals surface area contributed by atoms with E-state index in [4.69, 9.17) is 5.11 Å². The summed E-state index contributed by atoms with van der Waals surface area (Å²) in [5, 5.41) is 8.53. The van der Waals surface area contributed by atoms with E-state index in [0.717, 1.165) is 0 Å². The molecular weight excluding hydrogens is 485 g/mol. The number of alkyl halides is 2. The number of piperidine rings is 1. The molecule has 1 aliphatic carbocycles. The topological polar surface area (TPSA) is 95.0 Å². The van der Waals surface area contributed by atoms with Gasteiger partial charge in [-0.1, -0.05) is 34.8 Å². The Labute approximate surface area is 201 Å². The average molecular weight is 511 g/mol. The van der Waals surface area contributed by atoms with E-state index >= 15 is 0 Å². The van der Waals surface area contributed by atoms with Crippen LogP contribution in [-0.4, -0.2) is 60.4 Å². The average Bonchev–Trinajstić information content (AvgIpc) is 3.66. The normalized spacial score (nSPS) is 21.5. The summed E-state index contributed by atoms with van der Waals surface area (Å²) in [4.78, 5) is 23.1. The minimum absolute atomic E-state index is 0.0326. The lowest BCUT2D eigenvalue weighted by Gasteiger charge is -2.32. The van der Waals surface area contributed by atoms with Crippen LogP contribution in [0.5, 0.6) is 0 Å². The van der Waals surface area contributed by atoms with Gasteiger partial charge in [0.2, 0.25) is 10.0 Å². The quantitative estimate of drug-likeness (QED) is 0.543. The lowest BCUT2D eigenvalue weighted by atomic mass is 9.98. The molecule has 2 aromatic carbocycles. The van der Waals surface area contributed by atoms with Crippen molar-refractivity contribution in [3.63, 3.8) is 0 Å². The smallest absolute Gasteiger partial charge is 0.335 e. The van der Waals surface area contributed by atoms with Crippen LogP contribution in [-0.2, 0) is 14.8 Å². The molecule has 1 saturated carbocycles. The highest BCUT2D eigenvalue weighted by Gasteiger charge is 2.61. The molecule has 0 spiro atoms. The first-order valence-corrected chi connectivity index (χ1v) is 12.7. The maximum atomic E-state index is 14.7. The van der Waals surface area contributed by atoms with Crippen LogP contribution in [0, 0.1) is 11.8 Å². The molecule has 4 rings (SSSR count). The van der Waals surface area contributed by atoms with E-state index in [1.807, 2.05) is 0 Å². The van der Waals surface area contributed by atoms with Gasteiger partial charge in [-0.25, -0.2) is 13.2 Å². The number of sulfonamides is 1. The van der Waals surface area contributed by atoms with Crippen LogP contribution in [0.4, 0.5) is 13.3 Å². The SMILES string of the molecule is O=C(O)c1ccc(S(=O)(=O)N2CCC(CN(F)C(=O)C(F)(F)C3CC3c3ccccc3)CC2)cc1. The molecule has 1 saturated heterocycles. The van der Waals surface area contributed by atoms with Gasteiger partial charge in [0.1, 0.15) is 0 Å². The van der Waals surface area contributed by atoms with Crippen molar-refractivity contribution >= 4 is 21.9 Å². The highest BCUT2D eigenvalue weighted by atomic mass is 32.2. The Balaban J connectivity index is 1.31. The largest absolute Gasteiger partial charge is 0.478 e. The fraction of sp³-hybridized carbons (Fsp3) is 0.417. The summed E-state index contributed by atoms with van der Waals surface area (Å²) >= 11 is 0. The van der Waals surface area contributed by atoms with E-state index in [1.54, 1.807) is 30.3 Å². The van der Waals surface area contributed by atoms with Gasteiger partial charge in [-0.2, -0.15) is 18.2 Å². The number of carbonyl (C=O) groups excluding carboxylic acids is 1. The Hall–Kier alpha value is -2.92. The van der Waals surface area contributed by atoms with Crippen LogP contribution in [0.2, 0.25) is 0 Å². The summed E-state index contributed by atoms with van der Waals surface area (Å²) in [7, 11) is -3.89. The number of benzene rings is 2. The molecule has 0 radical (unpaired) electrons. The van der Waals surface area contributed by atoms with Gasteiger partial charge >= 0.3 is 17.8 Å². The van der Waals surface area contributed by atoms with Gasteiger partial charge in [-0.3, -0.25) is 4.79 Å². The van der Waals surface area contributed by atoms with Crippen molar-refractivity contribution in [3.8, 4) is 0 Å². The number of halogens is 3. The fourth-order valence-electron chi connectivity index (χ4n) is 4.55. The van der Waals surface area contributed by atoms with Gasteiger partial charge in [0.15, 0.2) is 0 Å². The monoisotopic (exact) mass is 510 g/mol. The van der Waals surface area contributed by atoms with Crippen molar-refractivity contribution in [2.45, 2.75) is 36.0 Å². The second kappa shape index (κ2) is 9.62. The van der Waals surface area contributed by atoms with Crippen molar-refractivity contribution in [3.05, 3.63) is 65.7 Å². The van der Waals surface area contributed by atoms with E-state index in [1.165, 1.54) is 28.6 Å². The van der Waals surface area contributed by atoms with Gasteiger partial charge in [0.05, 0.1) is 17.0 Å². The Morgan fingerprint density at radius 2 is 1.63 bits per heavy atom. The number of hydrogen-bond donors (Lipinski definition) is 1. The maximum absolute atomic E-state index is 14.7. The molecule has 11 heteroatoms. The molecule has 1 amide bonds. The fourth-order valence-corrected chi connectivity index (χ4v) is 6.01. The number of hydrogen-bond acceptors (Lipinski definition) is 4. The summed E-state index contributed by atoms with van der Waals surface area (Å²) in [5.74, 6) is -9.04. The third-order valence-electron chi connectivity index (χ3n) is 6.72. The number of rotatable bonds is 8. The molecule has 2 fully saturated rings. The summed E-state index contributed by atoms with van der Waals surface area (Å²) in [6, 6.07) is 13.4. The van der Waals surface area contributed by atoms with E-state index < -0.39 is 57.2 Å². The lowest BCUT2D eigenvalue weighted by Crippen LogP contribution is -2.45. The Morgan fingerprint density at radius 1 is 1.03 bits per heavy atom. The molecule has 35 heavy (non-hydrogen) atoms. The van der Waals surface area contributed by atoms with Gasteiger partial charge in [-0.05, 0) is 60.9 Å². The van der Waals surface area contributed by atoms with Crippen molar-refractivity contribution < 1.29 is 36.4 Å². The molecule has 7 nitrogen and oxygen atoms in total. The molecule has 0 aromatic heterocycles. The summed E-state index contributed by atoms with van der Waals surface area (Å²) < 4.78 is 70.7. The minimum Gasteiger partial charge on any atom is -0.478 e. The van der Waals surface area contributed by atoms with Gasteiger partial charge < -0.3 is 5.11 Å². The number of carboxylic acid groups (broad SMARTS) is 1. The second-order valence-corrected chi connectivity index (χ2v) is 10.9. The highest BCUT2D eigenvalue weighted by Crippen LogP contribution is 2.56. The van der Waals surface area contributed by atoms with E-state index in [9.17, 15) is 31.3 Å². The van der Waals surface area contributed by atoms with Crippen LogP contribution in [0.25, 0.3) is 0 Å². The van der Waals surface area contributed by atoms with Crippen LogP contribution >= 0.6 is 0 Å². The van der Waals surface area contributed by atoms with Crippen LogP contribution < -0.4 is 0 Å². The predicted octanol–water partition coefficient (Wildman–Crippen LogP) is 3.94. The number of carbonyl (C=O) groups is 2. The Kier molecular flexibility index (Phi) is 6.92. The molecule has 1 aliphatic heterocycles. The van der Waals surface area contributed by atoms with Gasteiger partial charge in [0, 0.05) is 19.0 Å². The molecular formula is C24H25F3N2O5S. The van der Waals surface area contributed by atoms with Crippen LogP contribution in [0.3, 0.4) is 0 Å².